The molecule has 2 aromatic heterocycles. The first kappa shape index (κ1) is 12.9. The number of ether oxygens (including phenoxy) is 1. The zero-order chi connectivity index (χ0) is 13.7. The summed E-state index contributed by atoms with van der Waals surface area (Å²) in [6.07, 6.45) is 2.54. The van der Waals surface area contributed by atoms with Gasteiger partial charge in [0.1, 0.15) is 12.1 Å². The summed E-state index contributed by atoms with van der Waals surface area (Å²) >= 11 is 0. The van der Waals surface area contributed by atoms with Crippen molar-refractivity contribution in [3.8, 4) is 0 Å². The highest BCUT2D eigenvalue weighted by Gasteiger charge is 2.10. The Hall–Kier alpha value is -2.57. The van der Waals surface area contributed by atoms with E-state index in [2.05, 4.69) is 20.3 Å². The number of carbonyl (C=O) groups is 1. The highest BCUT2D eigenvalue weighted by molar-refractivity contribution is 5.88. The van der Waals surface area contributed by atoms with Crippen LogP contribution in [0.2, 0.25) is 0 Å². The van der Waals surface area contributed by atoms with Crippen molar-refractivity contribution in [2.45, 2.75) is 6.92 Å². The van der Waals surface area contributed by atoms with E-state index in [0.717, 1.165) is 0 Å². The van der Waals surface area contributed by atoms with Gasteiger partial charge in [-0.25, -0.2) is 19.7 Å². The first-order valence-electron chi connectivity index (χ1n) is 5.57. The lowest BCUT2D eigenvalue weighted by molar-refractivity contribution is 0.0519. The molecule has 0 atom stereocenters. The van der Waals surface area contributed by atoms with Crippen molar-refractivity contribution in [2.75, 3.05) is 11.9 Å². The third-order valence-electron chi connectivity index (χ3n) is 2.17. The summed E-state index contributed by atoms with van der Waals surface area (Å²) < 4.78 is 18.2. The first-order valence-corrected chi connectivity index (χ1v) is 5.57. The first-order chi connectivity index (χ1) is 9.20. The lowest BCUT2D eigenvalue weighted by Gasteiger charge is -2.06. The van der Waals surface area contributed by atoms with Gasteiger partial charge in [0, 0.05) is 12.3 Å². The Morgan fingerprint density at radius 2 is 2.26 bits per heavy atom. The van der Waals surface area contributed by atoms with Crippen LogP contribution in [0.1, 0.15) is 17.4 Å². The van der Waals surface area contributed by atoms with Crippen molar-refractivity contribution in [3.05, 3.63) is 42.4 Å². The number of nitrogens with zero attached hydrogens (tertiary/aromatic N) is 3. The molecule has 0 aromatic carbocycles. The van der Waals surface area contributed by atoms with Crippen LogP contribution in [0.5, 0.6) is 0 Å². The highest BCUT2D eigenvalue weighted by atomic mass is 19.1. The number of hydrogen-bond donors (Lipinski definition) is 1. The lowest BCUT2D eigenvalue weighted by atomic mass is 10.3. The second-order valence-corrected chi connectivity index (χ2v) is 3.48. The molecule has 7 heteroatoms. The van der Waals surface area contributed by atoms with Crippen molar-refractivity contribution < 1.29 is 13.9 Å². The van der Waals surface area contributed by atoms with Crippen molar-refractivity contribution in [1.82, 2.24) is 15.0 Å². The van der Waals surface area contributed by atoms with Gasteiger partial charge in [0.2, 0.25) is 5.95 Å². The normalized spacial score (nSPS) is 10.0. The second kappa shape index (κ2) is 5.85. The molecule has 0 amide bonds. The van der Waals surface area contributed by atoms with Crippen LogP contribution in [0.4, 0.5) is 15.9 Å². The van der Waals surface area contributed by atoms with E-state index in [4.69, 9.17) is 4.74 Å². The molecule has 0 saturated heterocycles. The van der Waals surface area contributed by atoms with Gasteiger partial charge in [-0.3, -0.25) is 0 Å². The predicted octanol–water partition coefficient (Wildman–Crippen LogP) is 1.93. The molecule has 0 unspecified atom stereocenters. The number of esters is 1. The average molecular weight is 262 g/mol. The summed E-state index contributed by atoms with van der Waals surface area (Å²) in [7, 11) is 0. The second-order valence-electron chi connectivity index (χ2n) is 3.48. The zero-order valence-electron chi connectivity index (χ0n) is 10.1. The Morgan fingerprint density at radius 3 is 3.00 bits per heavy atom. The van der Waals surface area contributed by atoms with Crippen LogP contribution >= 0.6 is 0 Å². The number of pyridine rings is 1. The van der Waals surface area contributed by atoms with Gasteiger partial charge >= 0.3 is 5.97 Å². The molecule has 19 heavy (non-hydrogen) atoms. The molecule has 0 fully saturated rings. The number of carbonyl (C=O) groups excluding carboxylic acids is 1. The van der Waals surface area contributed by atoms with Gasteiger partial charge in [0.05, 0.1) is 12.3 Å². The van der Waals surface area contributed by atoms with Gasteiger partial charge in [-0.1, -0.05) is 0 Å². The topological polar surface area (TPSA) is 77.0 Å². The minimum atomic E-state index is -0.654. The van der Waals surface area contributed by atoms with Gasteiger partial charge in [0.25, 0.3) is 0 Å². The molecule has 2 heterocycles. The highest BCUT2D eigenvalue weighted by Crippen LogP contribution is 2.16. The predicted molar refractivity (Wildman–Crippen MR) is 65.5 cm³/mol. The van der Waals surface area contributed by atoms with Crippen molar-refractivity contribution in [2.24, 2.45) is 0 Å². The molecule has 2 rings (SSSR count). The maximum atomic E-state index is 13.3. The van der Waals surface area contributed by atoms with Crippen LogP contribution in [0.25, 0.3) is 0 Å². The Morgan fingerprint density at radius 1 is 1.42 bits per heavy atom. The molecule has 0 aliphatic heterocycles. The molecule has 1 N–H and O–H groups in total. The number of anilines is 2. The smallest absolute Gasteiger partial charge is 0.357 e. The fraction of sp³-hybridized carbons (Fsp3) is 0.167. The molecule has 0 aliphatic rings. The molecule has 0 aliphatic carbocycles. The largest absolute Gasteiger partial charge is 0.461 e. The molecule has 2 aromatic rings. The molecule has 0 bridgehead atoms. The van der Waals surface area contributed by atoms with Crippen molar-refractivity contribution in [1.29, 1.82) is 0 Å². The Kier molecular flexibility index (Phi) is 3.97. The summed E-state index contributed by atoms with van der Waals surface area (Å²) in [6, 6.07) is 4.47. The number of halogens is 1. The molecule has 0 radical (unpaired) electrons. The number of hydrogen-bond acceptors (Lipinski definition) is 6. The van der Waals surface area contributed by atoms with E-state index in [9.17, 15) is 9.18 Å². The molecule has 0 spiro atoms. The summed E-state index contributed by atoms with van der Waals surface area (Å²) in [4.78, 5) is 22.7. The van der Waals surface area contributed by atoms with Crippen LogP contribution < -0.4 is 5.32 Å². The Bertz CT molecular complexity index is 591. The number of nitrogens with one attached hydrogen (secondary N) is 1. The van der Waals surface area contributed by atoms with E-state index in [0.29, 0.717) is 0 Å². The standard InChI is InChI=1S/C12H11FN4O2/c1-2-19-12(18)9-6-10(16-7-15-9)17-8-4-3-5-14-11(8)13/h3-7H,2H2,1H3,(H,15,16,17). The van der Waals surface area contributed by atoms with Gasteiger partial charge in [-0.05, 0) is 19.1 Å². The monoisotopic (exact) mass is 262 g/mol. The summed E-state index contributed by atoms with van der Waals surface area (Å²) in [5.41, 5.74) is 0.264. The maximum Gasteiger partial charge on any atom is 0.357 e. The number of rotatable bonds is 4. The molecular formula is C12H11FN4O2. The fourth-order valence-corrected chi connectivity index (χ4v) is 1.36. The minimum Gasteiger partial charge on any atom is -0.461 e. The molecule has 98 valence electrons. The summed E-state index contributed by atoms with van der Waals surface area (Å²) in [5.74, 6) is -0.927. The Labute approximate surface area is 108 Å². The maximum absolute atomic E-state index is 13.3. The van der Waals surface area contributed by atoms with E-state index in [1.165, 1.54) is 24.7 Å². The molecule has 0 saturated carbocycles. The quantitative estimate of drug-likeness (QED) is 0.670. The third-order valence-corrected chi connectivity index (χ3v) is 2.17. The van der Waals surface area contributed by atoms with E-state index in [-0.39, 0.29) is 23.8 Å². The van der Waals surface area contributed by atoms with E-state index < -0.39 is 11.9 Å². The number of aromatic nitrogens is 3. The van der Waals surface area contributed by atoms with Crippen LogP contribution in [-0.2, 0) is 4.74 Å². The van der Waals surface area contributed by atoms with E-state index in [1.807, 2.05) is 0 Å². The Balaban J connectivity index is 2.20. The van der Waals surface area contributed by atoms with Gasteiger partial charge in [-0.15, -0.1) is 0 Å². The van der Waals surface area contributed by atoms with Gasteiger partial charge in [0.15, 0.2) is 5.69 Å². The van der Waals surface area contributed by atoms with Gasteiger partial charge < -0.3 is 10.1 Å². The van der Waals surface area contributed by atoms with Gasteiger partial charge in [-0.2, -0.15) is 4.39 Å². The fourth-order valence-electron chi connectivity index (χ4n) is 1.36. The summed E-state index contributed by atoms with van der Waals surface area (Å²) in [6.45, 7) is 1.95. The van der Waals surface area contributed by atoms with Crippen molar-refractivity contribution >= 4 is 17.5 Å². The minimum absolute atomic E-state index is 0.101. The molecule has 6 nitrogen and oxygen atoms in total. The van der Waals surface area contributed by atoms with E-state index >= 15 is 0 Å². The summed E-state index contributed by atoms with van der Waals surface area (Å²) in [5, 5.41) is 2.71. The van der Waals surface area contributed by atoms with Crippen LogP contribution in [0, 0.1) is 5.95 Å². The molecular weight excluding hydrogens is 251 g/mol. The third kappa shape index (κ3) is 3.21. The van der Waals surface area contributed by atoms with Crippen LogP contribution in [0.15, 0.2) is 30.7 Å². The average Bonchev–Trinajstić information content (AvgIpc) is 2.42. The van der Waals surface area contributed by atoms with Crippen molar-refractivity contribution in [3.63, 3.8) is 0 Å². The zero-order valence-corrected chi connectivity index (χ0v) is 10.1. The van der Waals surface area contributed by atoms with Crippen LogP contribution in [-0.4, -0.2) is 27.5 Å². The van der Waals surface area contributed by atoms with E-state index in [1.54, 1.807) is 13.0 Å². The lowest BCUT2D eigenvalue weighted by Crippen LogP contribution is -2.08. The van der Waals surface area contributed by atoms with Crippen LogP contribution in [0.3, 0.4) is 0 Å². The SMILES string of the molecule is CCOC(=O)c1cc(Nc2cccnc2F)ncn1.